The SMILES string of the molecule is COCCOc1ccc(NC(=O)c2cnn(-c3ccccc3F)c2C(F)(F)F)cn1. The molecule has 0 bridgehead atoms. The van der Waals surface area contributed by atoms with E-state index in [0.717, 1.165) is 18.3 Å². The van der Waals surface area contributed by atoms with Crippen LogP contribution in [0.25, 0.3) is 5.69 Å². The van der Waals surface area contributed by atoms with E-state index in [-0.39, 0.29) is 18.2 Å². The minimum absolute atomic E-state index is 0.144. The maximum Gasteiger partial charge on any atom is 0.434 e. The Balaban J connectivity index is 1.85. The van der Waals surface area contributed by atoms with Gasteiger partial charge in [0.2, 0.25) is 5.88 Å². The van der Waals surface area contributed by atoms with Gasteiger partial charge in [0.05, 0.1) is 30.3 Å². The Labute approximate surface area is 168 Å². The molecular weight excluding hydrogens is 408 g/mol. The first-order valence-electron chi connectivity index (χ1n) is 8.60. The summed E-state index contributed by atoms with van der Waals surface area (Å²) in [5.74, 6) is -1.72. The first kappa shape index (κ1) is 21.2. The van der Waals surface area contributed by atoms with Gasteiger partial charge in [-0.15, -0.1) is 0 Å². The van der Waals surface area contributed by atoms with Crippen LogP contribution in [0.15, 0.2) is 48.8 Å². The Bertz CT molecular complexity index is 1020. The molecule has 0 unspecified atom stereocenters. The first-order chi connectivity index (χ1) is 14.3. The first-order valence-corrected chi connectivity index (χ1v) is 8.60. The lowest BCUT2D eigenvalue weighted by molar-refractivity contribution is -0.143. The van der Waals surface area contributed by atoms with Crippen molar-refractivity contribution in [2.24, 2.45) is 0 Å². The average molecular weight is 424 g/mol. The van der Waals surface area contributed by atoms with E-state index in [9.17, 15) is 22.4 Å². The maximum absolute atomic E-state index is 14.0. The Morgan fingerprint density at radius 2 is 1.90 bits per heavy atom. The number of nitrogens with one attached hydrogen (secondary N) is 1. The van der Waals surface area contributed by atoms with Gasteiger partial charge >= 0.3 is 6.18 Å². The Morgan fingerprint density at radius 3 is 2.53 bits per heavy atom. The van der Waals surface area contributed by atoms with Gasteiger partial charge in [-0.25, -0.2) is 14.1 Å². The lowest BCUT2D eigenvalue weighted by atomic mass is 10.2. The number of ether oxygens (including phenoxy) is 2. The monoisotopic (exact) mass is 424 g/mol. The lowest BCUT2D eigenvalue weighted by Crippen LogP contribution is -2.21. The van der Waals surface area contributed by atoms with E-state index in [2.05, 4.69) is 15.4 Å². The summed E-state index contributed by atoms with van der Waals surface area (Å²) in [4.78, 5) is 16.4. The van der Waals surface area contributed by atoms with Crippen LogP contribution in [0.2, 0.25) is 0 Å². The highest BCUT2D eigenvalue weighted by Crippen LogP contribution is 2.34. The van der Waals surface area contributed by atoms with Gasteiger partial charge in [0, 0.05) is 13.2 Å². The number of anilines is 1. The van der Waals surface area contributed by atoms with Crippen molar-refractivity contribution >= 4 is 11.6 Å². The zero-order valence-electron chi connectivity index (χ0n) is 15.6. The fourth-order valence-electron chi connectivity index (χ4n) is 2.56. The largest absolute Gasteiger partial charge is 0.475 e. The van der Waals surface area contributed by atoms with Crippen molar-refractivity contribution in [2.45, 2.75) is 6.18 Å². The van der Waals surface area contributed by atoms with E-state index in [1.807, 2.05) is 0 Å². The predicted molar refractivity (Wildman–Crippen MR) is 98.1 cm³/mol. The van der Waals surface area contributed by atoms with E-state index < -0.39 is 34.8 Å². The highest BCUT2D eigenvalue weighted by molar-refractivity contribution is 6.05. The zero-order chi connectivity index (χ0) is 21.7. The summed E-state index contributed by atoms with van der Waals surface area (Å²) in [7, 11) is 1.51. The van der Waals surface area contributed by atoms with Crippen LogP contribution < -0.4 is 10.1 Å². The number of aromatic nitrogens is 3. The molecule has 30 heavy (non-hydrogen) atoms. The van der Waals surface area contributed by atoms with Gasteiger partial charge in [-0.05, 0) is 18.2 Å². The second kappa shape index (κ2) is 8.91. The molecule has 0 aliphatic heterocycles. The van der Waals surface area contributed by atoms with Gasteiger partial charge in [0.15, 0.2) is 5.69 Å². The standard InChI is InChI=1S/C19H16F4N4O3/c1-29-8-9-30-16-7-6-12(10-24-16)26-18(28)13-11-25-27(17(13)19(21,22)23)15-5-3-2-4-14(15)20/h2-7,10-11H,8-9H2,1H3,(H,26,28). The van der Waals surface area contributed by atoms with Gasteiger partial charge in [0.1, 0.15) is 18.1 Å². The molecule has 0 atom stereocenters. The smallest absolute Gasteiger partial charge is 0.434 e. The third-order valence-corrected chi connectivity index (χ3v) is 3.89. The van der Waals surface area contributed by atoms with Crippen LogP contribution in [0.5, 0.6) is 5.88 Å². The van der Waals surface area contributed by atoms with Gasteiger partial charge in [-0.1, -0.05) is 12.1 Å². The topological polar surface area (TPSA) is 78.3 Å². The number of halogens is 4. The number of para-hydroxylation sites is 1. The van der Waals surface area contributed by atoms with Crippen LogP contribution in [-0.2, 0) is 10.9 Å². The van der Waals surface area contributed by atoms with Crippen molar-refractivity contribution in [3.05, 3.63) is 65.9 Å². The Hall–Kier alpha value is -3.47. The number of hydrogen-bond donors (Lipinski definition) is 1. The van der Waals surface area contributed by atoms with Crippen molar-refractivity contribution in [1.29, 1.82) is 0 Å². The average Bonchev–Trinajstić information content (AvgIpc) is 3.15. The summed E-state index contributed by atoms with van der Waals surface area (Å²) in [6.45, 7) is 0.617. The fraction of sp³-hybridized carbons (Fsp3) is 0.211. The summed E-state index contributed by atoms with van der Waals surface area (Å²) < 4.78 is 65.4. The number of carbonyl (C=O) groups is 1. The number of benzene rings is 1. The van der Waals surface area contributed by atoms with E-state index >= 15 is 0 Å². The molecule has 7 nitrogen and oxygen atoms in total. The molecule has 1 aromatic carbocycles. The van der Waals surface area contributed by atoms with Crippen molar-refractivity contribution in [3.8, 4) is 11.6 Å². The molecule has 1 amide bonds. The fourth-order valence-corrected chi connectivity index (χ4v) is 2.56. The number of rotatable bonds is 7. The minimum atomic E-state index is -4.96. The van der Waals surface area contributed by atoms with Crippen LogP contribution in [-0.4, -0.2) is 41.0 Å². The third-order valence-electron chi connectivity index (χ3n) is 3.89. The summed E-state index contributed by atoms with van der Waals surface area (Å²) >= 11 is 0. The number of methoxy groups -OCH3 is 1. The molecule has 0 saturated carbocycles. The van der Waals surface area contributed by atoms with Crippen LogP contribution in [0.4, 0.5) is 23.2 Å². The highest BCUT2D eigenvalue weighted by atomic mass is 19.4. The van der Waals surface area contributed by atoms with Gasteiger partial charge in [0.25, 0.3) is 5.91 Å². The molecule has 0 fully saturated rings. The highest BCUT2D eigenvalue weighted by Gasteiger charge is 2.41. The molecule has 0 spiro atoms. The zero-order valence-corrected chi connectivity index (χ0v) is 15.6. The van der Waals surface area contributed by atoms with Crippen LogP contribution in [0, 0.1) is 5.82 Å². The number of carbonyl (C=O) groups excluding carboxylic acids is 1. The van der Waals surface area contributed by atoms with Crippen molar-refractivity contribution < 1.29 is 31.8 Å². The molecule has 3 rings (SSSR count). The minimum Gasteiger partial charge on any atom is -0.475 e. The van der Waals surface area contributed by atoms with Crippen LogP contribution in [0.3, 0.4) is 0 Å². The Morgan fingerprint density at radius 1 is 1.13 bits per heavy atom. The third kappa shape index (κ3) is 4.74. The maximum atomic E-state index is 14.0. The van der Waals surface area contributed by atoms with E-state index in [1.54, 1.807) is 0 Å². The molecule has 2 aromatic heterocycles. The molecule has 2 heterocycles. The second-order valence-corrected chi connectivity index (χ2v) is 5.95. The van der Waals surface area contributed by atoms with Crippen molar-refractivity contribution in [2.75, 3.05) is 25.6 Å². The predicted octanol–water partition coefficient (Wildman–Crippen LogP) is 3.70. The molecule has 1 N–H and O–H groups in total. The summed E-state index contributed by atoms with van der Waals surface area (Å²) in [5.41, 5.74) is -2.43. The summed E-state index contributed by atoms with van der Waals surface area (Å²) in [6, 6.07) is 7.69. The van der Waals surface area contributed by atoms with Gasteiger partial charge in [-0.3, -0.25) is 4.79 Å². The van der Waals surface area contributed by atoms with Gasteiger partial charge in [-0.2, -0.15) is 18.3 Å². The number of amides is 1. The van der Waals surface area contributed by atoms with E-state index in [0.29, 0.717) is 11.3 Å². The van der Waals surface area contributed by atoms with E-state index in [1.165, 1.54) is 37.6 Å². The number of alkyl halides is 3. The quantitative estimate of drug-likeness (QED) is 0.462. The van der Waals surface area contributed by atoms with Crippen LogP contribution in [0.1, 0.15) is 16.1 Å². The summed E-state index contributed by atoms with van der Waals surface area (Å²) in [5, 5.41) is 5.90. The molecular formula is C19H16F4N4O3. The summed E-state index contributed by atoms with van der Waals surface area (Å²) in [6.07, 6.45) is -2.99. The molecule has 0 aliphatic carbocycles. The number of pyridine rings is 1. The normalized spacial score (nSPS) is 11.4. The van der Waals surface area contributed by atoms with Crippen molar-refractivity contribution in [3.63, 3.8) is 0 Å². The molecule has 11 heteroatoms. The molecule has 3 aromatic rings. The van der Waals surface area contributed by atoms with Gasteiger partial charge < -0.3 is 14.8 Å². The molecule has 0 aliphatic rings. The molecule has 0 radical (unpaired) electrons. The van der Waals surface area contributed by atoms with Crippen LogP contribution >= 0.6 is 0 Å². The van der Waals surface area contributed by atoms with Crippen molar-refractivity contribution in [1.82, 2.24) is 14.8 Å². The molecule has 0 saturated heterocycles. The van der Waals surface area contributed by atoms with E-state index in [4.69, 9.17) is 9.47 Å². The lowest BCUT2D eigenvalue weighted by Gasteiger charge is -2.13. The second-order valence-electron chi connectivity index (χ2n) is 5.95. The number of hydrogen-bond acceptors (Lipinski definition) is 5. The Kier molecular flexibility index (Phi) is 6.31. The molecule has 158 valence electrons. The number of nitrogens with zero attached hydrogens (tertiary/aromatic N) is 3.